The second kappa shape index (κ2) is 6.51. The highest BCUT2D eigenvalue weighted by Crippen LogP contribution is 2.58. The average Bonchev–Trinajstić information content (AvgIpc) is 2.60. The molecule has 0 saturated heterocycles. The Morgan fingerprint density at radius 3 is 1.33 bits per heavy atom. The topological polar surface area (TPSA) is 18.5 Å². The van der Waals surface area contributed by atoms with E-state index in [9.17, 15) is 0 Å². The number of aryl methyl sites for hydroxylation is 2. The van der Waals surface area contributed by atoms with Crippen LogP contribution in [0.15, 0.2) is 36.4 Å². The Morgan fingerprint density at radius 1 is 0.667 bits per heavy atom. The Bertz CT molecular complexity index is 671. The largest absolute Gasteiger partial charge is 0.497 e. The lowest BCUT2D eigenvalue weighted by Gasteiger charge is -2.51. The van der Waals surface area contributed by atoms with Gasteiger partial charge < -0.3 is 9.47 Å². The van der Waals surface area contributed by atoms with E-state index in [4.69, 9.17) is 9.47 Å². The van der Waals surface area contributed by atoms with E-state index >= 15 is 0 Å². The van der Waals surface area contributed by atoms with Crippen LogP contribution in [0.25, 0.3) is 0 Å². The minimum absolute atomic E-state index is 0.568. The van der Waals surface area contributed by atoms with Gasteiger partial charge in [-0.2, -0.15) is 0 Å². The van der Waals surface area contributed by atoms with E-state index in [2.05, 4.69) is 64.1 Å². The molecule has 128 valence electrons. The lowest BCUT2D eigenvalue weighted by molar-refractivity contribution is 0.121. The molecule has 4 atom stereocenters. The third-order valence-electron chi connectivity index (χ3n) is 6.02. The number of methoxy groups -OCH3 is 2. The first-order chi connectivity index (χ1) is 11.5. The lowest BCUT2D eigenvalue weighted by atomic mass is 9.53. The van der Waals surface area contributed by atoms with Crippen molar-refractivity contribution in [3.05, 3.63) is 58.7 Å². The zero-order valence-electron chi connectivity index (χ0n) is 15.6. The van der Waals surface area contributed by atoms with Gasteiger partial charge >= 0.3 is 0 Å². The molecule has 2 aromatic carbocycles. The first kappa shape index (κ1) is 16.9. The van der Waals surface area contributed by atoms with Crippen LogP contribution in [0.2, 0.25) is 0 Å². The number of hydrogen-bond donors (Lipinski definition) is 0. The Kier molecular flexibility index (Phi) is 4.58. The van der Waals surface area contributed by atoms with Crippen LogP contribution in [0.3, 0.4) is 0 Å². The third-order valence-corrected chi connectivity index (χ3v) is 6.02. The van der Waals surface area contributed by atoms with Crippen LogP contribution in [-0.4, -0.2) is 14.2 Å². The molecule has 1 saturated carbocycles. The summed E-state index contributed by atoms with van der Waals surface area (Å²) in [6, 6.07) is 13.0. The zero-order valence-corrected chi connectivity index (χ0v) is 15.6. The maximum atomic E-state index is 5.37. The van der Waals surface area contributed by atoms with Gasteiger partial charge in [0.2, 0.25) is 0 Å². The van der Waals surface area contributed by atoms with Crippen LogP contribution >= 0.6 is 0 Å². The van der Waals surface area contributed by atoms with Crippen molar-refractivity contribution in [2.45, 2.75) is 39.5 Å². The molecule has 4 unspecified atom stereocenters. The predicted octanol–water partition coefficient (Wildman–Crippen LogP) is 5.47. The van der Waals surface area contributed by atoms with Gasteiger partial charge in [0.25, 0.3) is 0 Å². The van der Waals surface area contributed by atoms with E-state index in [0.29, 0.717) is 23.7 Å². The number of rotatable bonds is 4. The summed E-state index contributed by atoms with van der Waals surface area (Å²) in [6.45, 7) is 9.17. The third kappa shape index (κ3) is 2.68. The van der Waals surface area contributed by atoms with E-state index in [1.807, 2.05) is 0 Å². The van der Waals surface area contributed by atoms with Crippen molar-refractivity contribution in [3.8, 4) is 11.5 Å². The van der Waals surface area contributed by atoms with Gasteiger partial charge in [-0.25, -0.2) is 0 Å². The molecule has 2 aromatic rings. The molecule has 2 heteroatoms. The summed E-state index contributed by atoms with van der Waals surface area (Å²) in [7, 11) is 3.46. The van der Waals surface area contributed by atoms with Gasteiger partial charge in [0.15, 0.2) is 0 Å². The van der Waals surface area contributed by atoms with Crippen molar-refractivity contribution in [2.24, 2.45) is 11.8 Å². The summed E-state index contributed by atoms with van der Waals surface area (Å²) in [5, 5.41) is 0. The highest BCUT2D eigenvalue weighted by Gasteiger charge is 2.47. The van der Waals surface area contributed by atoms with Gasteiger partial charge in [0.1, 0.15) is 11.5 Å². The molecule has 1 fully saturated rings. The van der Waals surface area contributed by atoms with Crippen molar-refractivity contribution in [1.82, 2.24) is 0 Å². The predicted molar refractivity (Wildman–Crippen MR) is 99.3 cm³/mol. The summed E-state index contributed by atoms with van der Waals surface area (Å²) in [5.41, 5.74) is 5.58. The molecular formula is C22H28O2. The van der Waals surface area contributed by atoms with Crippen molar-refractivity contribution in [3.63, 3.8) is 0 Å². The molecule has 0 spiro atoms. The van der Waals surface area contributed by atoms with Crippen LogP contribution in [0.4, 0.5) is 0 Å². The van der Waals surface area contributed by atoms with Crippen LogP contribution in [-0.2, 0) is 0 Å². The molecule has 1 aliphatic carbocycles. The van der Waals surface area contributed by atoms with Crippen molar-refractivity contribution < 1.29 is 9.47 Å². The Balaban J connectivity index is 1.99. The summed E-state index contributed by atoms with van der Waals surface area (Å²) in [4.78, 5) is 0. The lowest BCUT2D eigenvalue weighted by Crippen LogP contribution is -2.40. The molecule has 0 aliphatic heterocycles. The molecule has 3 rings (SSSR count). The molecule has 0 aromatic heterocycles. The fourth-order valence-corrected chi connectivity index (χ4v) is 4.41. The molecule has 2 nitrogen and oxygen atoms in total. The number of hydrogen-bond acceptors (Lipinski definition) is 2. The fraction of sp³-hybridized carbons (Fsp3) is 0.455. The van der Waals surface area contributed by atoms with E-state index < -0.39 is 0 Å². The van der Waals surface area contributed by atoms with Gasteiger partial charge in [0, 0.05) is 0 Å². The van der Waals surface area contributed by atoms with E-state index in [-0.39, 0.29) is 0 Å². The SMILES string of the molecule is COc1ccc(C2C(C)C(C)C2c2ccc(OC)cc2C)c(C)c1. The molecule has 0 N–H and O–H groups in total. The molecule has 0 amide bonds. The quantitative estimate of drug-likeness (QED) is 0.742. The summed E-state index contributed by atoms with van der Waals surface area (Å²) in [6.07, 6.45) is 0. The first-order valence-electron chi connectivity index (χ1n) is 8.77. The van der Waals surface area contributed by atoms with Crippen LogP contribution < -0.4 is 9.47 Å². The fourth-order valence-electron chi connectivity index (χ4n) is 4.41. The normalized spacial score (nSPS) is 25.9. The Morgan fingerprint density at radius 2 is 1.04 bits per heavy atom. The minimum atomic E-state index is 0.568. The van der Waals surface area contributed by atoms with Gasteiger partial charge in [-0.1, -0.05) is 26.0 Å². The molecule has 0 radical (unpaired) electrons. The first-order valence-corrected chi connectivity index (χ1v) is 8.77. The van der Waals surface area contributed by atoms with Crippen molar-refractivity contribution in [2.75, 3.05) is 14.2 Å². The second-order valence-corrected chi connectivity index (χ2v) is 7.21. The summed E-state index contributed by atoms with van der Waals surface area (Å²) < 4.78 is 10.7. The Labute approximate surface area is 145 Å². The number of ether oxygens (including phenoxy) is 2. The monoisotopic (exact) mass is 324 g/mol. The highest BCUT2D eigenvalue weighted by molar-refractivity contribution is 5.45. The van der Waals surface area contributed by atoms with Crippen molar-refractivity contribution in [1.29, 1.82) is 0 Å². The highest BCUT2D eigenvalue weighted by atomic mass is 16.5. The molecule has 0 heterocycles. The van der Waals surface area contributed by atoms with Crippen LogP contribution in [0.5, 0.6) is 11.5 Å². The number of benzene rings is 2. The van der Waals surface area contributed by atoms with Crippen LogP contribution in [0.1, 0.15) is 47.9 Å². The van der Waals surface area contributed by atoms with E-state index in [0.717, 1.165) is 11.5 Å². The maximum Gasteiger partial charge on any atom is 0.119 e. The molecule has 24 heavy (non-hydrogen) atoms. The summed E-state index contributed by atoms with van der Waals surface area (Å²) in [5.74, 6) is 4.38. The maximum absolute atomic E-state index is 5.37. The van der Waals surface area contributed by atoms with Gasteiger partial charge in [-0.05, 0) is 84.0 Å². The molecular weight excluding hydrogens is 296 g/mol. The summed E-state index contributed by atoms with van der Waals surface area (Å²) >= 11 is 0. The standard InChI is InChI=1S/C22H28O2/c1-13-11-17(23-5)7-9-19(13)21-15(3)16(4)22(21)20-10-8-18(24-6)12-14(20)2/h7-12,15-16,21-22H,1-6H3. The van der Waals surface area contributed by atoms with Crippen molar-refractivity contribution >= 4 is 0 Å². The molecule has 1 aliphatic rings. The van der Waals surface area contributed by atoms with Gasteiger partial charge in [0.05, 0.1) is 14.2 Å². The zero-order chi connectivity index (χ0) is 17.4. The van der Waals surface area contributed by atoms with Gasteiger partial charge in [-0.15, -0.1) is 0 Å². The Hall–Kier alpha value is -1.96. The van der Waals surface area contributed by atoms with E-state index in [1.54, 1.807) is 14.2 Å². The van der Waals surface area contributed by atoms with Crippen LogP contribution in [0, 0.1) is 25.7 Å². The smallest absolute Gasteiger partial charge is 0.119 e. The van der Waals surface area contributed by atoms with Gasteiger partial charge in [-0.3, -0.25) is 0 Å². The minimum Gasteiger partial charge on any atom is -0.497 e. The second-order valence-electron chi connectivity index (χ2n) is 7.21. The van der Waals surface area contributed by atoms with E-state index in [1.165, 1.54) is 22.3 Å². The molecule has 0 bridgehead atoms. The average molecular weight is 324 g/mol.